The number of nitrogens with zero attached hydrogens (tertiary/aromatic N) is 2. The molecule has 0 aliphatic carbocycles. The Labute approximate surface area is 110 Å². The molecule has 2 heterocycles. The number of rotatable bonds is 5. The van der Waals surface area contributed by atoms with E-state index < -0.39 is 0 Å². The fraction of sp³-hybridized carbons (Fsp3) is 0.786. The van der Waals surface area contributed by atoms with Gasteiger partial charge in [0.25, 0.3) is 0 Å². The van der Waals surface area contributed by atoms with Gasteiger partial charge in [0.1, 0.15) is 0 Å². The van der Waals surface area contributed by atoms with Crippen LogP contribution in [0, 0.1) is 18.8 Å². The molecular formula is C14H25N3O. The lowest BCUT2D eigenvalue weighted by Crippen LogP contribution is -2.28. The molecule has 0 amide bonds. The summed E-state index contributed by atoms with van der Waals surface area (Å²) < 4.78 is 7.79. The largest absolute Gasteiger partial charge is 0.373 e. The standard InChI is InChI=1S/C14H25N3O/c1-10(2)7-15-8-12-5-6-18-14(12)13-9-17(4)16-11(13)3/h9-10,12,14-15H,5-8H2,1-4H3. The third-order valence-electron chi connectivity index (χ3n) is 3.53. The molecule has 1 fully saturated rings. The van der Waals surface area contributed by atoms with Gasteiger partial charge in [0.2, 0.25) is 0 Å². The van der Waals surface area contributed by atoms with Gasteiger partial charge in [-0.15, -0.1) is 0 Å². The van der Waals surface area contributed by atoms with Gasteiger partial charge in [-0.25, -0.2) is 0 Å². The fourth-order valence-corrected chi connectivity index (χ4v) is 2.64. The second-order valence-electron chi connectivity index (χ2n) is 5.74. The third-order valence-corrected chi connectivity index (χ3v) is 3.53. The van der Waals surface area contributed by atoms with Crippen LogP contribution in [-0.4, -0.2) is 29.5 Å². The first-order valence-electron chi connectivity index (χ1n) is 6.90. The predicted octanol–water partition coefficient (Wildman–Crippen LogP) is 2.05. The average molecular weight is 251 g/mol. The van der Waals surface area contributed by atoms with E-state index in [1.807, 2.05) is 11.7 Å². The number of ether oxygens (including phenoxy) is 1. The van der Waals surface area contributed by atoms with Crippen LogP contribution in [0.1, 0.15) is 37.6 Å². The molecule has 0 saturated carbocycles. The van der Waals surface area contributed by atoms with E-state index in [4.69, 9.17) is 4.74 Å². The molecule has 1 N–H and O–H groups in total. The van der Waals surface area contributed by atoms with Crippen molar-refractivity contribution in [2.45, 2.75) is 33.3 Å². The minimum absolute atomic E-state index is 0.221. The normalized spacial score (nSPS) is 24.1. The quantitative estimate of drug-likeness (QED) is 0.870. The summed E-state index contributed by atoms with van der Waals surface area (Å²) in [5, 5.41) is 7.96. The van der Waals surface area contributed by atoms with Crippen LogP contribution in [0.5, 0.6) is 0 Å². The van der Waals surface area contributed by atoms with Crippen molar-refractivity contribution in [1.82, 2.24) is 15.1 Å². The van der Waals surface area contributed by atoms with Crippen LogP contribution in [0.3, 0.4) is 0 Å². The zero-order chi connectivity index (χ0) is 13.1. The van der Waals surface area contributed by atoms with Crippen molar-refractivity contribution in [3.8, 4) is 0 Å². The van der Waals surface area contributed by atoms with Crippen LogP contribution in [0.15, 0.2) is 6.20 Å². The lowest BCUT2D eigenvalue weighted by Gasteiger charge is -2.19. The number of hydrogen-bond acceptors (Lipinski definition) is 3. The van der Waals surface area contributed by atoms with E-state index in [0.717, 1.165) is 31.8 Å². The highest BCUT2D eigenvalue weighted by molar-refractivity contribution is 5.20. The van der Waals surface area contributed by atoms with Crippen LogP contribution in [0.25, 0.3) is 0 Å². The van der Waals surface area contributed by atoms with Gasteiger partial charge in [-0.3, -0.25) is 4.68 Å². The summed E-state index contributed by atoms with van der Waals surface area (Å²) in [5.74, 6) is 1.28. The Hall–Kier alpha value is -0.870. The second-order valence-corrected chi connectivity index (χ2v) is 5.74. The Morgan fingerprint density at radius 3 is 2.94 bits per heavy atom. The van der Waals surface area contributed by atoms with Crippen molar-refractivity contribution in [1.29, 1.82) is 0 Å². The summed E-state index contributed by atoms with van der Waals surface area (Å²) in [4.78, 5) is 0. The molecule has 1 saturated heterocycles. The highest BCUT2D eigenvalue weighted by Gasteiger charge is 2.31. The number of hydrogen-bond donors (Lipinski definition) is 1. The van der Waals surface area contributed by atoms with Crippen LogP contribution in [0.2, 0.25) is 0 Å². The zero-order valence-corrected chi connectivity index (χ0v) is 11.9. The molecule has 4 nitrogen and oxygen atoms in total. The first-order chi connectivity index (χ1) is 8.58. The molecule has 2 atom stereocenters. The minimum atomic E-state index is 0.221. The molecule has 1 aliphatic rings. The summed E-state index contributed by atoms with van der Waals surface area (Å²) in [6.07, 6.45) is 3.46. The molecule has 18 heavy (non-hydrogen) atoms. The monoisotopic (exact) mass is 251 g/mol. The molecule has 0 aromatic carbocycles. The predicted molar refractivity (Wildman–Crippen MR) is 72.5 cm³/mol. The van der Waals surface area contributed by atoms with Crippen molar-refractivity contribution >= 4 is 0 Å². The molecule has 102 valence electrons. The molecule has 4 heteroatoms. The molecule has 1 aliphatic heterocycles. The number of aryl methyl sites for hydroxylation is 2. The van der Waals surface area contributed by atoms with E-state index in [9.17, 15) is 0 Å². The summed E-state index contributed by atoms with van der Waals surface area (Å²) in [7, 11) is 1.97. The van der Waals surface area contributed by atoms with Gasteiger partial charge in [0, 0.05) is 37.9 Å². The SMILES string of the molecule is Cc1nn(C)cc1C1OCCC1CNCC(C)C. The van der Waals surface area contributed by atoms with E-state index in [0.29, 0.717) is 11.8 Å². The van der Waals surface area contributed by atoms with Gasteiger partial charge in [-0.05, 0) is 25.8 Å². The van der Waals surface area contributed by atoms with E-state index in [1.165, 1.54) is 5.56 Å². The maximum absolute atomic E-state index is 5.91. The second kappa shape index (κ2) is 5.85. The molecular weight excluding hydrogens is 226 g/mol. The van der Waals surface area contributed by atoms with Gasteiger partial charge in [0.15, 0.2) is 0 Å². The first kappa shape index (κ1) is 13.6. The summed E-state index contributed by atoms with van der Waals surface area (Å²) in [6, 6.07) is 0. The molecule has 2 unspecified atom stereocenters. The van der Waals surface area contributed by atoms with Gasteiger partial charge in [-0.1, -0.05) is 13.8 Å². The van der Waals surface area contributed by atoms with Gasteiger partial charge in [0.05, 0.1) is 11.8 Å². The van der Waals surface area contributed by atoms with E-state index >= 15 is 0 Å². The van der Waals surface area contributed by atoms with Crippen LogP contribution >= 0.6 is 0 Å². The van der Waals surface area contributed by atoms with E-state index in [2.05, 4.69) is 37.4 Å². The maximum Gasteiger partial charge on any atom is 0.0899 e. The highest BCUT2D eigenvalue weighted by atomic mass is 16.5. The van der Waals surface area contributed by atoms with Crippen molar-refractivity contribution in [2.24, 2.45) is 18.9 Å². The third kappa shape index (κ3) is 3.12. The smallest absolute Gasteiger partial charge is 0.0899 e. The van der Waals surface area contributed by atoms with Crippen LogP contribution < -0.4 is 5.32 Å². The maximum atomic E-state index is 5.91. The van der Waals surface area contributed by atoms with Crippen molar-refractivity contribution in [3.63, 3.8) is 0 Å². The van der Waals surface area contributed by atoms with Gasteiger partial charge >= 0.3 is 0 Å². The summed E-state index contributed by atoms with van der Waals surface area (Å²) in [6.45, 7) is 9.52. The Bertz CT molecular complexity index is 386. The van der Waals surface area contributed by atoms with Crippen molar-refractivity contribution < 1.29 is 4.74 Å². The lowest BCUT2D eigenvalue weighted by molar-refractivity contribution is 0.0898. The Morgan fingerprint density at radius 1 is 1.56 bits per heavy atom. The van der Waals surface area contributed by atoms with Crippen LogP contribution in [-0.2, 0) is 11.8 Å². The average Bonchev–Trinajstić information content (AvgIpc) is 2.84. The Balaban J connectivity index is 1.97. The lowest BCUT2D eigenvalue weighted by atomic mass is 9.95. The Morgan fingerprint density at radius 2 is 2.33 bits per heavy atom. The molecule has 0 radical (unpaired) electrons. The van der Waals surface area contributed by atoms with Crippen molar-refractivity contribution in [2.75, 3.05) is 19.7 Å². The molecule has 1 aromatic rings. The van der Waals surface area contributed by atoms with Gasteiger partial charge < -0.3 is 10.1 Å². The first-order valence-corrected chi connectivity index (χ1v) is 6.90. The topological polar surface area (TPSA) is 39.1 Å². The van der Waals surface area contributed by atoms with Crippen molar-refractivity contribution in [3.05, 3.63) is 17.5 Å². The Kier molecular flexibility index (Phi) is 4.40. The molecule has 2 rings (SSSR count). The molecule has 0 spiro atoms. The summed E-state index contributed by atoms with van der Waals surface area (Å²) >= 11 is 0. The van der Waals surface area contributed by atoms with Gasteiger partial charge in [-0.2, -0.15) is 5.10 Å². The number of aromatic nitrogens is 2. The van der Waals surface area contributed by atoms with E-state index in [1.54, 1.807) is 0 Å². The molecule has 0 bridgehead atoms. The fourth-order valence-electron chi connectivity index (χ4n) is 2.64. The zero-order valence-electron chi connectivity index (χ0n) is 11.9. The minimum Gasteiger partial charge on any atom is -0.373 e. The molecule has 1 aromatic heterocycles. The van der Waals surface area contributed by atoms with Crippen LogP contribution in [0.4, 0.5) is 0 Å². The van der Waals surface area contributed by atoms with E-state index in [-0.39, 0.29) is 6.10 Å². The summed E-state index contributed by atoms with van der Waals surface area (Å²) in [5.41, 5.74) is 2.35. The highest BCUT2D eigenvalue weighted by Crippen LogP contribution is 2.35. The number of nitrogens with one attached hydrogen (secondary N) is 1.